The lowest BCUT2D eigenvalue weighted by atomic mass is 10.0. The van der Waals surface area contributed by atoms with Gasteiger partial charge in [-0.2, -0.15) is 0 Å². The zero-order valence-corrected chi connectivity index (χ0v) is 19.3. The van der Waals surface area contributed by atoms with Crippen LogP contribution >= 0.6 is 0 Å². The third-order valence-corrected chi connectivity index (χ3v) is 5.39. The molecule has 1 heterocycles. The van der Waals surface area contributed by atoms with Gasteiger partial charge in [-0.25, -0.2) is 0 Å². The van der Waals surface area contributed by atoms with Crippen molar-refractivity contribution >= 4 is 17.8 Å². The van der Waals surface area contributed by atoms with Crippen molar-refractivity contribution in [3.8, 4) is 28.7 Å². The molecule has 34 heavy (non-hydrogen) atoms. The van der Waals surface area contributed by atoms with Crippen molar-refractivity contribution in [2.45, 2.75) is 13.3 Å². The largest absolute Gasteiger partial charge is 0.497 e. The summed E-state index contributed by atoms with van der Waals surface area (Å²) in [4.78, 5) is 25.4. The van der Waals surface area contributed by atoms with E-state index in [0.717, 1.165) is 11.1 Å². The highest BCUT2D eigenvalue weighted by molar-refractivity contribution is 6.15. The Kier molecular flexibility index (Phi) is 6.54. The molecule has 174 valence electrons. The third-order valence-electron chi connectivity index (χ3n) is 5.39. The Morgan fingerprint density at radius 3 is 2.29 bits per heavy atom. The zero-order valence-electron chi connectivity index (χ0n) is 19.3. The number of allylic oxidation sites excluding steroid dienone is 1. The summed E-state index contributed by atoms with van der Waals surface area (Å²) >= 11 is 0. The third kappa shape index (κ3) is 4.73. The predicted molar refractivity (Wildman–Crippen MR) is 126 cm³/mol. The SMILES string of the molecule is COc1ccc(CC(=O)Oc2cc(C)c3c(c2)O/C(=C\c2ccc(OC)c(OC)c2)C3=O)cc1. The van der Waals surface area contributed by atoms with Gasteiger partial charge in [0.25, 0.3) is 0 Å². The van der Waals surface area contributed by atoms with Crippen LogP contribution in [0.15, 0.2) is 60.4 Å². The highest BCUT2D eigenvalue weighted by Gasteiger charge is 2.30. The number of ketones is 1. The number of fused-ring (bicyclic) bond motifs is 1. The van der Waals surface area contributed by atoms with Crippen molar-refractivity contribution in [1.29, 1.82) is 0 Å². The second kappa shape index (κ2) is 9.70. The average Bonchev–Trinajstić information content (AvgIpc) is 3.14. The number of ether oxygens (including phenoxy) is 5. The van der Waals surface area contributed by atoms with Crippen LogP contribution in [0, 0.1) is 6.92 Å². The van der Waals surface area contributed by atoms with Crippen LogP contribution in [0.4, 0.5) is 0 Å². The van der Waals surface area contributed by atoms with Gasteiger partial charge in [0, 0.05) is 6.07 Å². The van der Waals surface area contributed by atoms with Gasteiger partial charge in [-0.1, -0.05) is 18.2 Å². The van der Waals surface area contributed by atoms with E-state index in [-0.39, 0.29) is 18.0 Å². The molecule has 3 aromatic carbocycles. The molecule has 0 bridgehead atoms. The fourth-order valence-corrected chi connectivity index (χ4v) is 3.71. The molecule has 0 fully saturated rings. The van der Waals surface area contributed by atoms with Gasteiger partial charge >= 0.3 is 5.97 Å². The summed E-state index contributed by atoms with van der Waals surface area (Å²) in [6, 6.07) is 15.7. The smallest absolute Gasteiger partial charge is 0.315 e. The molecule has 0 aliphatic carbocycles. The molecule has 7 heteroatoms. The molecule has 0 saturated carbocycles. The van der Waals surface area contributed by atoms with E-state index in [1.54, 1.807) is 88.9 Å². The van der Waals surface area contributed by atoms with Gasteiger partial charge in [0.2, 0.25) is 5.78 Å². The van der Waals surface area contributed by atoms with E-state index in [1.807, 2.05) is 0 Å². The minimum atomic E-state index is -0.421. The molecule has 0 aromatic heterocycles. The van der Waals surface area contributed by atoms with Crippen LogP contribution < -0.4 is 23.7 Å². The first-order valence-electron chi connectivity index (χ1n) is 10.6. The molecule has 1 aliphatic heterocycles. The second-order valence-corrected chi connectivity index (χ2v) is 7.67. The molecule has 3 aromatic rings. The van der Waals surface area contributed by atoms with E-state index < -0.39 is 5.97 Å². The van der Waals surface area contributed by atoms with E-state index in [0.29, 0.717) is 39.9 Å². The van der Waals surface area contributed by atoms with Gasteiger partial charge in [0.05, 0.1) is 33.3 Å². The first kappa shape index (κ1) is 22.9. The monoisotopic (exact) mass is 460 g/mol. The fourth-order valence-electron chi connectivity index (χ4n) is 3.71. The highest BCUT2D eigenvalue weighted by Crippen LogP contribution is 2.38. The van der Waals surface area contributed by atoms with E-state index in [9.17, 15) is 9.59 Å². The number of benzene rings is 3. The number of hydrogen-bond acceptors (Lipinski definition) is 7. The Morgan fingerprint density at radius 1 is 0.882 bits per heavy atom. The topological polar surface area (TPSA) is 80.3 Å². The Hall–Kier alpha value is -4.26. The van der Waals surface area contributed by atoms with Gasteiger partial charge in [0.1, 0.15) is 17.2 Å². The Morgan fingerprint density at radius 2 is 1.62 bits per heavy atom. The normalized spacial score (nSPS) is 13.3. The molecular weight excluding hydrogens is 436 g/mol. The van der Waals surface area contributed by atoms with Crippen molar-refractivity contribution in [1.82, 2.24) is 0 Å². The molecule has 1 aliphatic rings. The lowest BCUT2D eigenvalue weighted by molar-refractivity contribution is -0.133. The van der Waals surface area contributed by atoms with E-state index in [1.165, 1.54) is 0 Å². The van der Waals surface area contributed by atoms with Crippen molar-refractivity contribution in [2.75, 3.05) is 21.3 Å². The van der Waals surface area contributed by atoms with Crippen LogP contribution in [0.25, 0.3) is 6.08 Å². The molecule has 0 atom stereocenters. The number of rotatable bonds is 7. The van der Waals surface area contributed by atoms with Gasteiger partial charge in [0.15, 0.2) is 17.3 Å². The maximum absolute atomic E-state index is 13.0. The summed E-state index contributed by atoms with van der Waals surface area (Å²) in [5.41, 5.74) is 2.62. The summed E-state index contributed by atoms with van der Waals surface area (Å²) in [5, 5.41) is 0. The Bertz CT molecular complexity index is 1270. The van der Waals surface area contributed by atoms with Gasteiger partial charge in [-0.15, -0.1) is 0 Å². The summed E-state index contributed by atoms with van der Waals surface area (Å²) in [6.45, 7) is 1.78. The van der Waals surface area contributed by atoms with Crippen LogP contribution in [0.3, 0.4) is 0 Å². The molecule has 0 N–H and O–H groups in total. The van der Waals surface area contributed by atoms with Gasteiger partial charge < -0.3 is 23.7 Å². The van der Waals surface area contributed by atoms with Crippen LogP contribution in [-0.2, 0) is 11.2 Å². The number of Topliss-reactive ketones (excluding diaryl/α,β-unsaturated/α-hetero) is 1. The Labute approximate surface area is 197 Å². The molecule has 0 unspecified atom stereocenters. The number of methoxy groups -OCH3 is 3. The first-order valence-corrected chi connectivity index (χ1v) is 10.6. The summed E-state index contributed by atoms with van der Waals surface area (Å²) in [6.07, 6.45) is 1.74. The zero-order chi connectivity index (χ0) is 24.2. The number of aryl methyl sites for hydroxylation is 1. The molecule has 0 spiro atoms. The number of hydrogen-bond donors (Lipinski definition) is 0. The fraction of sp³-hybridized carbons (Fsp3) is 0.185. The molecule has 0 amide bonds. The molecule has 7 nitrogen and oxygen atoms in total. The lowest BCUT2D eigenvalue weighted by Crippen LogP contribution is -2.11. The number of carbonyl (C=O) groups excluding carboxylic acids is 2. The highest BCUT2D eigenvalue weighted by atomic mass is 16.5. The van der Waals surface area contributed by atoms with Crippen LogP contribution in [-0.4, -0.2) is 33.1 Å². The lowest BCUT2D eigenvalue weighted by Gasteiger charge is -2.08. The van der Waals surface area contributed by atoms with Crippen molar-refractivity contribution in [3.63, 3.8) is 0 Å². The minimum absolute atomic E-state index is 0.102. The van der Waals surface area contributed by atoms with Crippen molar-refractivity contribution in [3.05, 3.63) is 82.6 Å². The molecular formula is C27H24O7. The summed E-state index contributed by atoms with van der Waals surface area (Å²) in [5.74, 6) is 2.02. The molecule has 0 radical (unpaired) electrons. The second-order valence-electron chi connectivity index (χ2n) is 7.67. The van der Waals surface area contributed by atoms with Crippen molar-refractivity contribution in [2.24, 2.45) is 0 Å². The van der Waals surface area contributed by atoms with Crippen molar-refractivity contribution < 1.29 is 33.3 Å². The quantitative estimate of drug-likeness (QED) is 0.285. The molecule has 0 saturated heterocycles. The average molecular weight is 460 g/mol. The van der Waals surface area contributed by atoms with Crippen LogP contribution in [0.1, 0.15) is 27.0 Å². The van der Waals surface area contributed by atoms with E-state index in [4.69, 9.17) is 23.7 Å². The number of esters is 1. The minimum Gasteiger partial charge on any atom is -0.497 e. The van der Waals surface area contributed by atoms with E-state index >= 15 is 0 Å². The van der Waals surface area contributed by atoms with Gasteiger partial charge in [-0.05, 0) is 60.0 Å². The van der Waals surface area contributed by atoms with Gasteiger partial charge in [-0.3, -0.25) is 9.59 Å². The summed E-state index contributed by atoms with van der Waals surface area (Å²) < 4.78 is 27.0. The maximum Gasteiger partial charge on any atom is 0.315 e. The van der Waals surface area contributed by atoms with Crippen LogP contribution in [0.2, 0.25) is 0 Å². The first-order chi connectivity index (χ1) is 16.4. The number of carbonyl (C=O) groups is 2. The molecule has 4 rings (SSSR count). The Balaban J connectivity index is 1.52. The standard InChI is InChI=1S/C27H24O7/c1-16-11-20(33-25(28)14-17-5-8-19(30-2)9-6-17)15-23-26(16)27(29)24(34-23)13-18-7-10-21(31-3)22(12-18)32-4/h5-13,15H,14H2,1-4H3/b24-13-. The van der Waals surface area contributed by atoms with E-state index in [2.05, 4.69) is 0 Å². The predicted octanol–water partition coefficient (Wildman–Crippen LogP) is 4.79. The maximum atomic E-state index is 13.0. The summed E-state index contributed by atoms with van der Waals surface area (Å²) in [7, 11) is 4.68. The van der Waals surface area contributed by atoms with Crippen LogP contribution in [0.5, 0.6) is 28.7 Å².